The molecule has 1 saturated carbocycles. The Labute approximate surface area is 130 Å². The molecule has 0 heterocycles. The lowest BCUT2D eigenvalue weighted by atomic mass is 9.87. The van der Waals surface area contributed by atoms with Gasteiger partial charge in [-0.05, 0) is 44.3 Å². The zero-order valence-corrected chi connectivity index (χ0v) is 13.7. The molecule has 2 nitrogen and oxygen atoms in total. The lowest BCUT2D eigenvalue weighted by Crippen LogP contribution is -2.54. The van der Waals surface area contributed by atoms with Gasteiger partial charge in [0.05, 0.1) is 0 Å². The van der Waals surface area contributed by atoms with Crippen LogP contribution in [0.15, 0.2) is 30.3 Å². The van der Waals surface area contributed by atoms with Crippen LogP contribution in [-0.4, -0.2) is 30.1 Å². The summed E-state index contributed by atoms with van der Waals surface area (Å²) >= 11 is 0. The van der Waals surface area contributed by atoms with Crippen molar-refractivity contribution in [2.75, 3.05) is 19.6 Å². The molecule has 0 atom stereocenters. The number of rotatable bonds is 7. The van der Waals surface area contributed by atoms with Gasteiger partial charge in [0.15, 0.2) is 0 Å². The van der Waals surface area contributed by atoms with Crippen molar-refractivity contribution in [3.05, 3.63) is 35.9 Å². The van der Waals surface area contributed by atoms with Gasteiger partial charge < -0.3 is 5.73 Å². The third-order valence-electron chi connectivity index (χ3n) is 5.20. The lowest BCUT2D eigenvalue weighted by molar-refractivity contribution is 0.0823. The number of nitrogens with two attached hydrogens (primary N) is 1. The van der Waals surface area contributed by atoms with Crippen LogP contribution in [0.3, 0.4) is 0 Å². The van der Waals surface area contributed by atoms with Crippen LogP contribution in [0.5, 0.6) is 0 Å². The van der Waals surface area contributed by atoms with Gasteiger partial charge in [-0.2, -0.15) is 0 Å². The summed E-state index contributed by atoms with van der Waals surface area (Å²) in [5, 5.41) is 0. The minimum absolute atomic E-state index is 0.280. The number of benzene rings is 1. The monoisotopic (exact) mass is 288 g/mol. The molecule has 0 amide bonds. The Bertz CT molecular complexity index is 380. The Balaban J connectivity index is 1.91. The zero-order chi connectivity index (χ0) is 15.0. The third-order valence-corrected chi connectivity index (χ3v) is 5.20. The number of hydrogen-bond acceptors (Lipinski definition) is 2. The minimum Gasteiger partial charge on any atom is -0.329 e. The molecule has 0 aliphatic heterocycles. The summed E-state index contributed by atoms with van der Waals surface area (Å²) in [7, 11) is 0. The first-order valence-electron chi connectivity index (χ1n) is 8.80. The number of likely N-dealkylation sites (N-methyl/N-ethyl adjacent to an activating group) is 1. The molecule has 0 spiro atoms. The summed E-state index contributed by atoms with van der Waals surface area (Å²) in [6.45, 7) is 5.44. The van der Waals surface area contributed by atoms with Crippen molar-refractivity contribution in [3.8, 4) is 0 Å². The van der Waals surface area contributed by atoms with Crippen molar-refractivity contribution < 1.29 is 0 Å². The maximum atomic E-state index is 6.23. The van der Waals surface area contributed by atoms with E-state index in [0.29, 0.717) is 0 Å². The van der Waals surface area contributed by atoms with Crippen LogP contribution >= 0.6 is 0 Å². The summed E-state index contributed by atoms with van der Waals surface area (Å²) in [5.74, 6) is 0. The topological polar surface area (TPSA) is 29.3 Å². The molecule has 1 aromatic rings. The fourth-order valence-electron chi connectivity index (χ4n) is 3.89. The molecule has 2 rings (SSSR count). The Kier molecular flexibility index (Phi) is 6.72. The van der Waals surface area contributed by atoms with E-state index in [4.69, 9.17) is 5.73 Å². The van der Waals surface area contributed by atoms with Crippen molar-refractivity contribution in [1.29, 1.82) is 0 Å². The smallest absolute Gasteiger partial charge is 0.0331 e. The van der Waals surface area contributed by atoms with Gasteiger partial charge in [0, 0.05) is 12.1 Å². The van der Waals surface area contributed by atoms with Gasteiger partial charge in [-0.1, -0.05) is 62.9 Å². The first-order valence-corrected chi connectivity index (χ1v) is 8.80. The summed E-state index contributed by atoms with van der Waals surface area (Å²) in [6.07, 6.45) is 10.5. The molecule has 2 heteroatoms. The van der Waals surface area contributed by atoms with Gasteiger partial charge in [0.1, 0.15) is 0 Å². The number of aryl methyl sites for hydroxylation is 1. The molecular formula is C19H32N2. The molecule has 1 aliphatic rings. The van der Waals surface area contributed by atoms with E-state index in [1.807, 2.05) is 0 Å². The Morgan fingerprint density at radius 1 is 1.05 bits per heavy atom. The summed E-state index contributed by atoms with van der Waals surface area (Å²) in [5.41, 5.74) is 7.96. The molecule has 0 bridgehead atoms. The largest absolute Gasteiger partial charge is 0.329 e. The van der Waals surface area contributed by atoms with Crippen LogP contribution in [0.1, 0.15) is 57.4 Å². The fraction of sp³-hybridized carbons (Fsp3) is 0.684. The van der Waals surface area contributed by atoms with Crippen LogP contribution in [0.25, 0.3) is 0 Å². The second-order valence-corrected chi connectivity index (χ2v) is 6.51. The van der Waals surface area contributed by atoms with E-state index in [2.05, 4.69) is 42.2 Å². The van der Waals surface area contributed by atoms with Gasteiger partial charge in [-0.25, -0.2) is 0 Å². The highest BCUT2D eigenvalue weighted by Gasteiger charge is 2.34. The maximum absolute atomic E-state index is 6.23. The van der Waals surface area contributed by atoms with Crippen LogP contribution in [0.4, 0.5) is 0 Å². The molecule has 0 unspecified atom stereocenters. The van der Waals surface area contributed by atoms with Gasteiger partial charge in [-0.15, -0.1) is 0 Å². The average Bonchev–Trinajstić information content (AvgIpc) is 2.79. The molecule has 1 fully saturated rings. The second kappa shape index (κ2) is 8.55. The summed E-state index contributed by atoms with van der Waals surface area (Å²) in [6, 6.07) is 10.8. The standard InChI is InChI=1S/C19H32N2/c1-2-21(16-10-13-18-11-6-5-7-12-18)19(17-20)14-8-3-4-9-15-19/h5-7,11-12H,2-4,8-10,13-17,20H2,1H3. The van der Waals surface area contributed by atoms with Gasteiger partial charge >= 0.3 is 0 Å². The molecule has 1 aliphatic carbocycles. The minimum atomic E-state index is 0.280. The molecular weight excluding hydrogens is 256 g/mol. The van der Waals surface area contributed by atoms with E-state index < -0.39 is 0 Å². The van der Waals surface area contributed by atoms with Crippen LogP contribution < -0.4 is 5.73 Å². The zero-order valence-electron chi connectivity index (χ0n) is 13.7. The molecule has 2 N–H and O–H groups in total. The third kappa shape index (κ3) is 4.55. The van der Waals surface area contributed by atoms with Crippen molar-refractivity contribution in [1.82, 2.24) is 4.90 Å². The van der Waals surface area contributed by atoms with Gasteiger partial charge in [0.2, 0.25) is 0 Å². The first-order chi connectivity index (χ1) is 10.3. The highest BCUT2D eigenvalue weighted by molar-refractivity contribution is 5.14. The van der Waals surface area contributed by atoms with Crippen molar-refractivity contribution in [3.63, 3.8) is 0 Å². The Hall–Kier alpha value is -0.860. The average molecular weight is 288 g/mol. The predicted octanol–water partition coefficient (Wildman–Crippen LogP) is 3.99. The number of hydrogen-bond donors (Lipinski definition) is 1. The van der Waals surface area contributed by atoms with Gasteiger partial charge in [-0.3, -0.25) is 4.90 Å². The highest BCUT2D eigenvalue weighted by Crippen LogP contribution is 2.32. The SMILES string of the molecule is CCN(CCCc1ccccc1)C1(CN)CCCCCC1. The van der Waals surface area contributed by atoms with E-state index >= 15 is 0 Å². The predicted molar refractivity (Wildman–Crippen MR) is 91.5 cm³/mol. The fourth-order valence-corrected chi connectivity index (χ4v) is 3.89. The maximum Gasteiger partial charge on any atom is 0.0331 e. The van der Waals surface area contributed by atoms with Crippen LogP contribution in [0, 0.1) is 0 Å². The van der Waals surface area contributed by atoms with E-state index in [0.717, 1.165) is 13.1 Å². The summed E-state index contributed by atoms with van der Waals surface area (Å²) in [4.78, 5) is 2.68. The second-order valence-electron chi connectivity index (χ2n) is 6.51. The molecule has 0 radical (unpaired) electrons. The number of nitrogens with zero attached hydrogens (tertiary/aromatic N) is 1. The molecule has 21 heavy (non-hydrogen) atoms. The summed E-state index contributed by atoms with van der Waals surface area (Å²) < 4.78 is 0. The van der Waals surface area contributed by atoms with E-state index in [1.54, 1.807) is 0 Å². The van der Waals surface area contributed by atoms with Crippen molar-refractivity contribution in [2.24, 2.45) is 5.73 Å². The van der Waals surface area contributed by atoms with Crippen LogP contribution in [0.2, 0.25) is 0 Å². The van der Waals surface area contributed by atoms with E-state index in [9.17, 15) is 0 Å². The Morgan fingerprint density at radius 3 is 2.29 bits per heavy atom. The van der Waals surface area contributed by atoms with E-state index in [1.165, 1.54) is 63.5 Å². The lowest BCUT2D eigenvalue weighted by Gasteiger charge is -2.43. The molecule has 1 aromatic carbocycles. The van der Waals surface area contributed by atoms with Gasteiger partial charge in [0.25, 0.3) is 0 Å². The molecule has 118 valence electrons. The van der Waals surface area contributed by atoms with E-state index in [-0.39, 0.29) is 5.54 Å². The van der Waals surface area contributed by atoms with Crippen LogP contribution in [-0.2, 0) is 6.42 Å². The molecule has 0 saturated heterocycles. The van der Waals surface area contributed by atoms with Crippen molar-refractivity contribution in [2.45, 2.75) is 63.8 Å². The quantitative estimate of drug-likeness (QED) is 0.769. The first kappa shape index (κ1) is 16.5. The van der Waals surface area contributed by atoms with Crippen molar-refractivity contribution >= 4 is 0 Å². The normalized spacial score (nSPS) is 18.6. The Morgan fingerprint density at radius 2 is 1.71 bits per heavy atom. The molecule has 0 aromatic heterocycles. The highest BCUT2D eigenvalue weighted by atomic mass is 15.2.